The van der Waals surface area contributed by atoms with E-state index < -0.39 is 0 Å². The fourth-order valence-corrected chi connectivity index (χ4v) is 4.65. The second-order valence-electron chi connectivity index (χ2n) is 5.92. The number of hydrogen-bond acceptors (Lipinski definition) is 3. The molecule has 3 rings (SSSR count). The average molecular weight is 353 g/mol. The molecule has 0 radical (unpaired) electrons. The molecular weight excluding hydrogens is 332 g/mol. The molecule has 2 aliphatic rings. The molecule has 1 N–H and O–H groups in total. The highest BCUT2D eigenvalue weighted by Gasteiger charge is 2.34. The summed E-state index contributed by atoms with van der Waals surface area (Å²) in [6, 6.07) is 8.36. The molecular formula is C16H21BrN2S. The maximum Gasteiger partial charge on any atom is 0.156 e. The van der Waals surface area contributed by atoms with E-state index in [9.17, 15) is 0 Å². The third-order valence-electron chi connectivity index (χ3n) is 4.38. The molecule has 1 aromatic rings. The molecule has 0 amide bonds. The van der Waals surface area contributed by atoms with Gasteiger partial charge in [-0.2, -0.15) is 0 Å². The lowest BCUT2D eigenvalue weighted by Gasteiger charge is -2.38. The molecule has 4 heteroatoms. The van der Waals surface area contributed by atoms with E-state index in [2.05, 4.69) is 39.4 Å². The molecule has 1 spiro atoms. The first kappa shape index (κ1) is 14.5. The number of thioether (sulfide) groups is 1. The highest BCUT2D eigenvalue weighted by Crippen LogP contribution is 2.41. The Morgan fingerprint density at radius 1 is 1.20 bits per heavy atom. The van der Waals surface area contributed by atoms with Crippen LogP contribution in [0.25, 0.3) is 0 Å². The van der Waals surface area contributed by atoms with Crippen molar-refractivity contribution < 1.29 is 0 Å². The molecule has 0 atom stereocenters. The minimum Gasteiger partial charge on any atom is -0.361 e. The van der Waals surface area contributed by atoms with Gasteiger partial charge in [-0.1, -0.05) is 65.2 Å². The normalized spacial score (nSPS) is 21.6. The molecule has 108 valence electrons. The smallest absolute Gasteiger partial charge is 0.156 e. The van der Waals surface area contributed by atoms with E-state index in [1.807, 2.05) is 17.8 Å². The number of hydrogen-bond donors (Lipinski definition) is 1. The third-order valence-corrected chi connectivity index (χ3v) is 6.45. The Bertz CT molecular complexity index is 495. The predicted octanol–water partition coefficient (Wildman–Crippen LogP) is 4.59. The van der Waals surface area contributed by atoms with Crippen LogP contribution in [0.15, 0.2) is 33.7 Å². The Morgan fingerprint density at radius 2 is 2.00 bits per heavy atom. The van der Waals surface area contributed by atoms with E-state index in [1.54, 1.807) is 0 Å². The van der Waals surface area contributed by atoms with Crippen molar-refractivity contribution in [2.75, 3.05) is 12.3 Å². The molecule has 0 unspecified atom stereocenters. The quantitative estimate of drug-likeness (QED) is 0.841. The summed E-state index contributed by atoms with van der Waals surface area (Å²) in [5, 5.41) is 4.61. The number of nitrogens with zero attached hydrogens (tertiary/aromatic N) is 1. The van der Waals surface area contributed by atoms with Crippen molar-refractivity contribution in [3.63, 3.8) is 0 Å². The Kier molecular flexibility index (Phi) is 4.72. The van der Waals surface area contributed by atoms with Crippen molar-refractivity contribution >= 4 is 32.9 Å². The van der Waals surface area contributed by atoms with E-state index in [4.69, 9.17) is 4.99 Å². The fraction of sp³-hybridized carbons (Fsp3) is 0.562. The molecule has 0 saturated heterocycles. The van der Waals surface area contributed by atoms with Gasteiger partial charge in [-0.05, 0) is 29.9 Å². The number of amidine groups is 1. The van der Waals surface area contributed by atoms with Crippen molar-refractivity contribution in [1.82, 2.24) is 5.32 Å². The van der Waals surface area contributed by atoms with Crippen LogP contribution < -0.4 is 5.32 Å². The second kappa shape index (κ2) is 6.52. The highest BCUT2D eigenvalue weighted by atomic mass is 79.9. The molecule has 1 saturated carbocycles. The molecule has 1 aliphatic heterocycles. The zero-order valence-corrected chi connectivity index (χ0v) is 14.1. The van der Waals surface area contributed by atoms with Gasteiger partial charge in [-0.3, -0.25) is 4.99 Å². The van der Waals surface area contributed by atoms with Gasteiger partial charge in [0.15, 0.2) is 5.17 Å². The van der Waals surface area contributed by atoms with Crippen molar-refractivity contribution in [1.29, 1.82) is 0 Å². The van der Waals surface area contributed by atoms with Crippen LogP contribution in [0.4, 0.5) is 0 Å². The van der Waals surface area contributed by atoms with Gasteiger partial charge in [0.1, 0.15) is 0 Å². The summed E-state index contributed by atoms with van der Waals surface area (Å²) < 4.78 is 1.16. The summed E-state index contributed by atoms with van der Waals surface area (Å²) in [7, 11) is 0. The second-order valence-corrected chi connectivity index (χ2v) is 7.73. The maximum absolute atomic E-state index is 4.80. The Hall–Kier alpha value is -0.480. The molecule has 0 aromatic heterocycles. The van der Waals surface area contributed by atoms with Crippen LogP contribution in [0.3, 0.4) is 0 Å². The van der Waals surface area contributed by atoms with Gasteiger partial charge < -0.3 is 5.32 Å². The zero-order valence-electron chi connectivity index (χ0n) is 11.7. The van der Waals surface area contributed by atoms with Crippen LogP contribution in [0.2, 0.25) is 0 Å². The largest absolute Gasteiger partial charge is 0.361 e. The van der Waals surface area contributed by atoms with E-state index in [0.29, 0.717) is 5.41 Å². The van der Waals surface area contributed by atoms with E-state index in [0.717, 1.165) is 22.7 Å². The number of aliphatic imine (C=N–C) groups is 1. The molecule has 1 aliphatic carbocycles. The van der Waals surface area contributed by atoms with Crippen LogP contribution in [0, 0.1) is 5.41 Å². The summed E-state index contributed by atoms with van der Waals surface area (Å²) >= 11 is 5.51. The minimum atomic E-state index is 0.515. The number of rotatable bonds is 2. The van der Waals surface area contributed by atoms with E-state index in [1.165, 1.54) is 43.4 Å². The van der Waals surface area contributed by atoms with Gasteiger partial charge in [0.25, 0.3) is 0 Å². The SMILES string of the molecule is Brc1ccccc1CNC1=NCC2(CCCCC2)CS1. The topological polar surface area (TPSA) is 24.4 Å². The summed E-state index contributed by atoms with van der Waals surface area (Å²) in [6.45, 7) is 1.87. The van der Waals surface area contributed by atoms with Gasteiger partial charge in [-0.25, -0.2) is 0 Å². The van der Waals surface area contributed by atoms with Crippen molar-refractivity contribution in [3.8, 4) is 0 Å². The van der Waals surface area contributed by atoms with Crippen LogP contribution in [-0.4, -0.2) is 17.5 Å². The van der Waals surface area contributed by atoms with Crippen molar-refractivity contribution in [2.24, 2.45) is 10.4 Å². The highest BCUT2D eigenvalue weighted by molar-refractivity contribution is 9.10. The fourth-order valence-electron chi connectivity index (χ4n) is 3.08. The van der Waals surface area contributed by atoms with Crippen molar-refractivity contribution in [2.45, 2.75) is 38.6 Å². The first-order valence-electron chi connectivity index (χ1n) is 7.42. The summed E-state index contributed by atoms with van der Waals surface area (Å²) in [5.74, 6) is 1.24. The molecule has 2 nitrogen and oxygen atoms in total. The molecule has 1 heterocycles. The Balaban J connectivity index is 1.56. The summed E-state index contributed by atoms with van der Waals surface area (Å²) in [4.78, 5) is 4.80. The first-order valence-corrected chi connectivity index (χ1v) is 9.20. The lowest BCUT2D eigenvalue weighted by Crippen LogP contribution is -2.36. The van der Waals surface area contributed by atoms with Crippen LogP contribution in [0.1, 0.15) is 37.7 Å². The summed E-state index contributed by atoms with van der Waals surface area (Å²) in [6.07, 6.45) is 6.97. The van der Waals surface area contributed by atoms with Gasteiger partial charge in [0, 0.05) is 23.3 Å². The number of halogens is 1. The van der Waals surface area contributed by atoms with Gasteiger partial charge in [0.2, 0.25) is 0 Å². The standard InChI is InChI=1S/C16H21BrN2S/c17-14-7-3-2-6-13(14)10-18-15-19-11-16(12-20-15)8-4-1-5-9-16/h2-3,6-7H,1,4-5,8-12H2,(H,18,19). The van der Waals surface area contributed by atoms with E-state index in [-0.39, 0.29) is 0 Å². The zero-order chi connectivity index (χ0) is 13.8. The minimum absolute atomic E-state index is 0.515. The summed E-state index contributed by atoms with van der Waals surface area (Å²) in [5.41, 5.74) is 1.80. The maximum atomic E-state index is 4.80. The Labute approximate surface area is 134 Å². The van der Waals surface area contributed by atoms with Crippen LogP contribution >= 0.6 is 27.7 Å². The number of benzene rings is 1. The lowest BCUT2D eigenvalue weighted by atomic mass is 9.75. The number of nitrogens with one attached hydrogen (secondary N) is 1. The van der Waals surface area contributed by atoms with Crippen LogP contribution in [-0.2, 0) is 6.54 Å². The average Bonchev–Trinajstić information content (AvgIpc) is 2.49. The first-order chi connectivity index (χ1) is 9.77. The van der Waals surface area contributed by atoms with Gasteiger partial charge in [-0.15, -0.1) is 0 Å². The van der Waals surface area contributed by atoms with E-state index >= 15 is 0 Å². The molecule has 1 aromatic carbocycles. The lowest BCUT2D eigenvalue weighted by molar-refractivity contribution is 0.232. The van der Waals surface area contributed by atoms with Gasteiger partial charge in [0.05, 0.1) is 0 Å². The third kappa shape index (κ3) is 3.40. The molecule has 1 fully saturated rings. The monoisotopic (exact) mass is 352 g/mol. The molecule has 20 heavy (non-hydrogen) atoms. The molecule has 0 bridgehead atoms. The van der Waals surface area contributed by atoms with Crippen molar-refractivity contribution in [3.05, 3.63) is 34.3 Å². The Morgan fingerprint density at radius 3 is 2.70 bits per heavy atom. The van der Waals surface area contributed by atoms with Crippen LogP contribution in [0.5, 0.6) is 0 Å². The van der Waals surface area contributed by atoms with Gasteiger partial charge >= 0.3 is 0 Å². The predicted molar refractivity (Wildman–Crippen MR) is 91.3 cm³/mol.